The van der Waals surface area contributed by atoms with Gasteiger partial charge in [-0.1, -0.05) is 6.42 Å². The third-order valence-electron chi connectivity index (χ3n) is 4.43. The minimum atomic E-state index is 0.598. The summed E-state index contributed by atoms with van der Waals surface area (Å²) in [6.07, 6.45) is 8.61. The highest BCUT2D eigenvalue weighted by molar-refractivity contribution is 4.96. The van der Waals surface area contributed by atoms with E-state index in [9.17, 15) is 0 Å². The van der Waals surface area contributed by atoms with Crippen molar-refractivity contribution in [2.45, 2.75) is 44.8 Å². The Kier molecular flexibility index (Phi) is 4.01. The van der Waals surface area contributed by atoms with Crippen LogP contribution in [0.3, 0.4) is 0 Å². The summed E-state index contributed by atoms with van der Waals surface area (Å²) in [5.74, 6) is 2.91. The first-order valence-electron chi connectivity index (χ1n) is 7.25. The zero-order valence-corrected chi connectivity index (χ0v) is 10.9. The first-order valence-corrected chi connectivity index (χ1v) is 7.25. The van der Waals surface area contributed by atoms with E-state index in [0.717, 1.165) is 43.2 Å². The van der Waals surface area contributed by atoms with Gasteiger partial charge in [0.05, 0.1) is 6.26 Å². The van der Waals surface area contributed by atoms with Crippen LogP contribution in [0.5, 0.6) is 0 Å². The van der Waals surface area contributed by atoms with Gasteiger partial charge in [0.2, 0.25) is 0 Å². The van der Waals surface area contributed by atoms with Gasteiger partial charge >= 0.3 is 0 Å². The molecular weight excluding hydrogens is 226 g/mol. The van der Waals surface area contributed by atoms with Crippen molar-refractivity contribution in [3.63, 3.8) is 0 Å². The Morgan fingerprint density at radius 3 is 3.06 bits per heavy atom. The monoisotopic (exact) mass is 249 g/mol. The third-order valence-corrected chi connectivity index (χ3v) is 4.43. The topological polar surface area (TPSA) is 34.4 Å². The highest BCUT2D eigenvalue weighted by atomic mass is 16.5. The molecule has 3 heteroatoms. The lowest BCUT2D eigenvalue weighted by Gasteiger charge is -2.22. The molecule has 2 saturated carbocycles. The summed E-state index contributed by atoms with van der Waals surface area (Å²) < 4.78 is 10.8. The van der Waals surface area contributed by atoms with Crippen molar-refractivity contribution in [1.29, 1.82) is 0 Å². The molecule has 0 aromatic carbocycles. The molecule has 1 aromatic heterocycles. The summed E-state index contributed by atoms with van der Waals surface area (Å²) in [5, 5.41) is 3.70. The second kappa shape index (κ2) is 5.89. The molecule has 2 bridgehead atoms. The van der Waals surface area contributed by atoms with Crippen molar-refractivity contribution in [2.24, 2.45) is 11.8 Å². The maximum Gasteiger partial charge on any atom is 0.129 e. The Bertz CT molecular complexity index is 349. The molecule has 2 aliphatic rings. The quantitative estimate of drug-likeness (QED) is 0.754. The number of furan rings is 1. The van der Waals surface area contributed by atoms with E-state index in [0.29, 0.717) is 6.61 Å². The van der Waals surface area contributed by atoms with Gasteiger partial charge in [-0.2, -0.15) is 0 Å². The fraction of sp³-hybridized carbons (Fsp3) is 0.733. The highest BCUT2D eigenvalue weighted by Crippen LogP contribution is 2.44. The van der Waals surface area contributed by atoms with E-state index in [1.54, 1.807) is 6.26 Å². The summed E-state index contributed by atoms with van der Waals surface area (Å²) in [6, 6.07) is 4.65. The molecule has 3 atom stereocenters. The van der Waals surface area contributed by atoms with E-state index < -0.39 is 0 Å². The van der Waals surface area contributed by atoms with Crippen molar-refractivity contribution < 1.29 is 9.15 Å². The molecule has 18 heavy (non-hydrogen) atoms. The molecule has 0 amide bonds. The standard InChI is InChI=1S/C15H23NO2/c1-3-14(18-8-1)11-17-7-2-6-16-15-10-12-4-5-13(15)9-12/h1,3,8,12-13,15-16H,2,4-7,9-11H2. The van der Waals surface area contributed by atoms with Crippen molar-refractivity contribution in [2.75, 3.05) is 13.2 Å². The Hall–Kier alpha value is -0.800. The number of fused-ring (bicyclic) bond motifs is 2. The number of rotatable bonds is 7. The summed E-state index contributed by atoms with van der Waals surface area (Å²) in [5.41, 5.74) is 0. The second-order valence-corrected chi connectivity index (χ2v) is 5.72. The summed E-state index contributed by atoms with van der Waals surface area (Å²) in [6.45, 7) is 2.50. The molecule has 1 aromatic rings. The molecule has 1 heterocycles. The van der Waals surface area contributed by atoms with Gasteiger partial charge in [-0.3, -0.25) is 0 Å². The SMILES string of the molecule is c1coc(COCCCNC2CC3CCC2C3)c1. The fourth-order valence-corrected chi connectivity index (χ4v) is 3.52. The predicted octanol–water partition coefficient (Wildman–Crippen LogP) is 2.96. The van der Waals surface area contributed by atoms with Crippen LogP contribution in [0.4, 0.5) is 0 Å². The number of hydrogen-bond acceptors (Lipinski definition) is 3. The lowest BCUT2D eigenvalue weighted by molar-refractivity contribution is 0.103. The maximum atomic E-state index is 5.57. The van der Waals surface area contributed by atoms with Crippen LogP contribution in [0.25, 0.3) is 0 Å². The number of ether oxygens (including phenoxy) is 1. The van der Waals surface area contributed by atoms with Gasteiger partial charge in [0.15, 0.2) is 0 Å². The minimum absolute atomic E-state index is 0.598. The zero-order chi connectivity index (χ0) is 12.2. The minimum Gasteiger partial charge on any atom is -0.467 e. The lowest BCUT2D eigenvalue weighted by atomic mass is 9.95. The Balaban J connectivity index is 1.23. The van der Waals surface area contributed by atoms with E-state index in [-0.39, 0.29) is 0 Å². The molecule has 3 unspecified atom stereocenters. The average Bonchev–Trinajstić information content (AvgIpc) is 3.10. The van der Waals surface area contributed by atoms with Gasteiger partial charge in [0.1, 0.15) is 12.4 Å². The van der Waals surface area contributed by atoms with Crippen molar-refractivity contribution in [3.8, 4) is 0 Å². The summed E-state index contributed by atoms with van der Waals surface area (Å²) >= 11 is 0. The molecule has 0 saturated heterocycles. The van der Waals surface area contributed by atoms with E-state index in [1.165, 1.54) is 25.7 Å². The first-order chi connectivity index (χ1) is 8.92. The van der Waals surface area contributed by atoms with Crippen LogP contribution in [0, 0.1) is 11.8 Å². The lowest BCUT2D eigenvalue weighted by Crippen LogP contribution is -2.34. The molecule has 2 fully saturated rings. The number of hydrogen-bond donors (Lipinski definition) is 1. The smallest absolute Gasteiger partial charge is 0.129 e. The summed E-state index contributed by atoms with van der Waals surface area (Å²) in [7, 11) is 0. The average molecular weight is 249 g/mol. The molecule has 0 aliphatic heterocycles. The van der Waals surface area contributed by atoms with Crippen LogP contribution in [0.15, 0.2) is 22.8 Å². The molecule has 0 radical (unpaired) electrons. The van der Waals surface area contributed by atoms with Crippen LogP contribution in [0.1, 0.15) is 37.9 Å². The largest absolute Gasteiger partial charge is 0.467 e. The van der Waals surface area contributed by atoms with Crippen LogP contribution < -0.4 is 5.32 Å². The van der Waals surface area contributed by atoms with E-state index >= 15 is 0 Å². The van der Waals surface area contributed by atoms with Crippen LogP contribution in [0.2, 0.25) is 0 Å². The van der Waals surface area contributed by atoms with Gasteiger partial charge in [0.25, 0.3) is 0 Å². The van der Waals surface area contributed by atoms with Gasteiger partial charge in [0, 0.05) is 12.6 Å². The zero-order valence-electron chi connectivity index (χ0n) is 10.9. The molecule has 2 aliphatic carbocycles. The Labute approximate surface area is 109 Å². The molecular formula is C15H23NO2. The summed E-state index contributed by atoms with van der Waals surface area (Å²) in [4.78, 5) is 0. The van der Waals surface area contributed by atoms with Gasteiger partial charge < -0.3 is 14.5 Å². The first kappa shape index (κ1) is 12.2. The second-order valence-electron chi connectivity index (χ2n) is 5.72. The van der Waals surface area contributed by atoms with Gasteiger partial charge in [-0.15, -0.1) is 0 Å². The van der Waals surface area contributed by atoms with E-state index in [2.05, 4.69) is 5.32 Å². The molecule has 1 N–H and O–H groups in total. The number of nitrogens with one attached hydrogen (secondary N) is 1. The maximum absolute atomic E-state index is 5.57. The Morgan fingerprint density at radius 2 is 2.33 bits per heavy atom. The van der Waals surface area contributed by atoms with Crippen molar-refractivity contribution in [1.82, 2.24) is 5.32 Å². The van der Waals surface area contributed by atoms with Crippen LogP contribution in [-0.2, 0) is 11.3 Å². The Morgan fingerprint density at radius 1 is 1.33 bits per heavy atom. The van der Waals surface area contributed by atoms with Crippen LogP contribution >= 0.6 is 0 Å². The molecule has 100 valence electrons. The van der Waals surface area contributed by atoms with Crippen LogP contribution in [-0.4, -0.2) is 19.2 Å². The predicted molar refractivity (Wildman–Crippen MR) is 70.2 cm³/mol. The van der Waals surface area contributed by atoms with Gasteiger partial charge in [-0.25, -0.2) is 0 Å². The van der Waals surface area contributed by atoms with E-state index in [4.69, 9.17) is 9.15 Å². The normalized spacial score (nSPS) is 30.1. The molecule has 3 nitrogen and oxygen atoms in total. The highest BCUT2D eigenvalue weighted by Gasteiger charge is 2.38. The fourth-order valence-electron chi connectivity index (χ4n) is 3.52. The van der Waals surface area contributed by atoms with E-state index in [1.807, 2.05) is 12.1 Å². The third kappa shape index (κ3) is 2.96. The van der Waals surface area contributed by atoms with Crippen molar-refractivity contribution >= 4 is 0 Å². The molecule has 0 spiro atoms. The molecule has 3 rings (SSSR count). The van der Waals surface area contributed by atoms with Gasteiger partial charge in [-0.05, 0) is 56.2 Å². The van der Waals surface area contributed by atoms with Crippen molar-refractivity contribution in [3.05, 3.63) is 24.2 Å².